The minimum absolute atomic E-state index is 0.0267. The summed E-state index contributed by atoms with van der Waals surface area (Å²) in [4.78, 5) is 27.9. The zero-order valence-electron chi connectivity index (χ0n) is 23.8. The van der Waals surface area contributed by atoms with Gasteiger partial charge < -0.3 is 25.0 Å². The molecule has 0 spiro atoms. The highest BCUT2D eigenvalue weighted by Crippen LogP contribution is 2.43. The number of ether oxygens (including phenoxy) is 2. The minimum atomic E-state index is -0.331. The maximum Gasteiger partial charge on any atom is 0.323 e. The van der Waals surface area contributed by atoms with Crippen LogP contribution in [0.1, 0.15) is 41.8 Å². The van der Waals surface area contributed by atoms with Crippen LogP contribution in [0.3, 0.4) is 0 Å². The summed E-state index contributed by atoms with van der Waals surface area (Å²) in [6.45, 7) is 6.85. The Kier molecular flexibility index (Phi) is 7.14. The van der Waals surface area contributed by atoms with Crippen molar-refractivity contribution in [1.29, 1.82) is 0 Å². The second kappa shape index (κ2) is 10.9. The third-order valence-corrected chi connectivity index (χ3v) is 8.34. The Bertz CT molecular complexity index is 1620. The lowest BCUT2D eigenvalue weighted by Gasteiger charge is -2.26. The number of methoxy groups -OCH3 is 1. The van der Waals surface area contributed by atoms with Crippen LogP contribution >= 0.6 is 0 Å². The summed E-state index contributed by atoms with van der Waals surface area (Å²) >= 11 is 0. The molecule has 7 nitrogen and oxygen atoms in total. The Morgan fingerprint density at radius 2 is 1.59 bits per heavy atom. The van der Waals surface area contributed by atoms with E-state index in [1.807, 2.05) is 71.6 Å². The topological polar surface area (TPSA) is 79.9 Å². The fourth-order valence-corrected chi connectivity index (χ4v) is 5.98. The van der Waals surface area contributed by atoms with Crippen LogP contribution < -0.4 is 15.4 Å². The summed E-state index contributed by atoms with van der Waals surface area (Å²) in [5.41, 5.74) is 6.65. The number of amides is 3. The summed E-state index contributed by atoms with van der Waals surface area (Å²) in [7, 11) is 1.63. The normalized spacial score (nSPS) is 15.8. The maximum absolute atomic E-state index is 13.2. The number of rotatable bonds is 5. The van der Waals surface area contributed by atoms with Gasteiger partial charge in [0.1, 0.15) is 5.75 Å². The first-order valence-electron chi connectivity index (χ1n) is 14.1. The number of hydrogen-bond donors (Lipinski definition) is 2. The van der Waals surface area contributed by atoms with Crippen LogP contribution in [-0.2, 0) is 16.6 Å². The Balaban J connectivity index is 1.24. The number of morpholine rings is 1. The van der Waals surface area contributed by atoms with Crippen molar-refractivity contribution >= 4 is 34.1 Å². The average Bonchev–Trinajstić information content (AvgIpc) is 3.30. The van der Waals surface area contributed by atoms with Crippen molar-refractivity contribution in [3.8, 4) is 16.9 Å². The smallest absolute Gasteiger partial charge is 0.323 e. The summed E-state index contributed by atoms with van der Waals surface area (Å²) < 4.78 is 11.0. The number of fused-ring (bicyclic) bond motifs is 2. The summed E-state index contributed by atoms with van der Waals surface area (Å²) in [6, 6.07) is 23.4. The number of nitrogens with zero attached hydrogens (tertiary/aromatic N) is 1. The molecule has 0 atom stereocenters. The second-order valence-corrected chi connectivity index (χ2v) is 11.4. The standard InChI is InChI=1S/C34H35N3O4/c1-34(2)15-14-24-20-31(40-3)30(21-28(24)34)36-33(39)35-29-13-12-25(26-6-4-5-7-27(26)29)22-8-10-23(11-9-22)32(38)37-16-18-41-19-17-37/h4-13,20-21H,14-19H2,1-3H3,(H2,35,36,39). The average molecular weight is 550 g/mol. The van der Waals surface area contributed by atoms with Crippen LogP contribution in [0.2, 0.25) is 0 Å². The van der Waals surface area contributed by atoms with Gasteiger partial charge in [-0.15, -0.1) is 0 Å². The first-order valence-corrected chi connectivity index (χ1v) is 14.1. The summed E-state index contributed by atoms with van der Waals surface area (Å²) in [6.07, 6.45) is 2.09. The predicted molar refractivity (Wildman–Crippen MR) is 163 cm³/mol. The molecule has 3 amide bonds. The highest BCUT2D eigenvalue weighted by molar-refractivity contribution is 6.10. The number of carbonyl (C=O) groups excluding carboxylic acids is 2. The van der Waals surface area contributed by atoms with Crippen molar-refractivity contribution in [2.75, 3.05) is 44.0 Å². The molecule has 2 N–H and O–H groups in total. The highest BCUT2D eigenvalue weighted by atomic mass is 16.5. The van der Waals surface area contributed by atoms with Crippen molar-refractivity contribution in [2.45, 2.75) is 32.1 Å². The lowest BCUT2D eigenvalue weighted by molar-refractivity contribution is 0.0303. The van der Waals surface area contributed by atoms with Crippen LogP contribution in [0.25, 0.3) is 21.9 Å². The number of benzene rings is 4. The fourth-order valence-electron chi connectivity index (χ4n) is 5.98. The first kappa shape index (κ1) is 26.8. The first-order chi connectivity index (χ1) is 19.8. The second-order valence-electron chi connectivity index (χ2n) is 11.4. The Morgan fingerprint density at radius 1 is 0.878 bits per heavy atom. The fraction of sp³-hybridized carbons (Fsp3) is 0.294. The van der Waals surface area contributed by atoms with Crippen molar-refractivity contribution in [2.24, 2.45) is 0 Å². The predicted octanol–water partition coefficient (Wildman–Crippen LogP) is 6.86. The number of anilines is 2. The number of nitrogens with one attached hydrogen (secondary N) is 2. The number of hydrogen-bond acceptors (Lipinski definition) is 4. The Morgan fingerprint density at radius 3 is 2.32 bits per heavy atom. The van der Waals surface area contributed by atoms with E-state index in [0.29, 0.717) is 49.0 Å². The van der Waals surface area contributed by atoms with E-state index in [9.17, 15) is 9.59 Å². The van der Waals surface area contributed by atoms with E-state index in [1.165, 1.54) is 11.1 Å². The third-order valence-electron chi connectivity index (χ3n) is 8.34. The molecule has 1 aliphatic heterocycles. The Labute approximate surface area is 240 Å². The maximum atomic E-state index is 13.2. The molecule has 4 aromatic carbocycles. The van der Waals surface area contributed by atoms with Crippen LogP contribution in [0.4, 0.5) is 16.2 Å². The van der Waals surface area contributed by atoms with Gasteiger partial charge in [-0.3, -0.25) is 4.79 Å². The van der Waals surface area contributed by atoms with Crippen LogP contribution in [0, 0.1) is 0 Å². The molecule has 210 valence electrons. The zero-order valence-corrected chi connectivity index (χ0v) is 23.8. The molecule has 2 aliphatic rings. The van der Waals surface area contributed by atoms with Crippen molar-refractivity contribution in [3.63, 3.8) is 0 Å². The van der Waals surface area contributed by atoms with Gasteiger partial charge in [-0.25, -0.2) is 4.79 Å². The summed E-state index contributed by atoms with van der Waals surface area (Å²) in [5.74, 6) is 0.686. The van der Waals surface area contributed by atoms with E-state index in [0.717, 1.165) is 34.7 Å². The lowest BCUT2D eigenvalue weighted by Crippen LogP contribution is -2.40. The van der Waals surface area contributed by atoms with Gasteiger partial charge in [0.05, 0.1) is 31.7 Å². The quantitative estimate of drug-likeness (QED) is 0.285. The van der Waals surface area contributed by atoms with Gasteiger partial charge in [-0.1, -0.05) is 56.3 Å². The molecule has 0 unspecified atom stereocenters. The molecule has 1 saturated heterocycles. The molecule has 41 heavy (non-hydrogen) atoms. The van der Waals surface area contributed by atoms with Crippen molar-refractivity contribution < 1.29 is 19.1 Å². The van der Waals surface area contributed by atoms with Gasteiger partial charge >= 0.3 is 6.03 Å². The molecule has 4 aromatic rings. The molecule has 7 heteroatoms. The summed E-state index contributed by atoms with van der Waals surface area (Å²) in [5, 5.41) is 7.99. The number of carbonyl (C=O) groups is 2. The van der Waals surface area contributed by atoms with Crippen molar-refractivity contribution in [1.82, 2.24) is 4.90 Å². The molecule has 1 aliphatic carbocycles. The van der Waals surface area contributed by atoms with Crippen LogP contribution in [-0.4, -0.2) is 50.3 Å². The van der Waals surface area contributed by atoms with E-state index in [-0.39, 0.29) is 17.4 Å². The van der Waals surface area contributed by atoms with E-state index in [4.69, 9.17) is 9.47 Å². The third kappa shape index (κ3) is 5.25. The lowest BCUT2D eigenvalue weighted by atomic mass is 9.86. The van der Waals surface area contributed by atoms with Crippen LogP contribution in [0.15, 0.2) is 72.8 Å². The molecule has 1 heterocycles. The van der Waals surface area contributed by atoms with Gasteiger partial charge in [0.2, 0.25) is 0 Å². The molecular formula is C34H35N3O4. The van der Waals surface area contributed by atoms with Gasteiger partial charge in [-0.2, -0.15) is 0 Å². The monoisotopic (exact) mass is 549 g/mol. The van der Waals surface area contributed by atoms with Crippen molar-refractivity contribution in [3.05, 3.63) is 89.5 Å². The van der Waals surface area contributed by atoms with E-state index in [2.05, 4.69) is 30.5 Å². The molecule has 0 radical (unpaired) electrons. The largest absolute Gasteiger partial charge is 0.495 e. The van der Waals surface area contributed by atoms with E-state index in [1.54, 1.807) is 7.11 Å². The van der Waals surface area contributed by atoms with E-state index >= 15 is 0 Å². The molecule has 1 fully saturated rings. The number of aryl methyl sites for hydroxylation is 1. The minimum Gasteiger partial charge on any atom is -0.495 e. The molecule has 0 bridgehead atoms. The van der Waals surface area contributed by atoms with Crippen LogP contribution in [0.5, 0.6) is 5.75 Å². The van der Waals surface area contributed by atoms with E-state index < -0.39 is 0 Å². The molecule has 6 rings (SSSR count). The molecule has 0 saturated carbocycles. The van der Waals surface area contributed by atoms with Gasteiger partial charge in [-0.05, 0) is 76.2 Å². The molecule has 0 aromatic heterocycles. The van der Waals surface area contributed by atoms with Gasteiger partial charge in [0.25, 0.3) is 5.91 Å². The Hall–Kier alpha value is -4.36. The van der Waals surface area contributed by atoms with Gasteiger partial charge in [0.15, 0.2) is 0 Å². The highest BCUT2D eigenvalue weighted by Gasteiger charge is 2.31. The SMILES string of the molecule is COc1cc2c(cc1NC(=O)Nc1ccc(-c3ccc(C(=O)N4CCOCC4)cc3)c3ccccc13)C(C)(C)CC2. The zero-order chi connectivity index (χ0) is 28.6. The molecular weight excluding hydrogens is 514 g/mol. The van der Waals surface area contributed by atoms with Gasteiger partial charge in [0, 0.05) is 24.0 Å². The number of urea groups is 1.